The van der Waals surface area contributed by atoms with Gasteiger partial charge in [-0.05, 0) is 122 Å². The monoisotopic (exact) mass is 913 g/mol. The second-order valence-electron chi connectivity index (χ2n) is 18.6. The molecule has 0 saturated carbocycles. The van der Waals surface area contributed by atoms with E-state index >= 15 is 0 Å². The van der Waals surface area contributed by atoms with E-state index in [9.17, 15) is 0 Å². The third kappa shape index (κ3) is 7.94. The van der Waals surface area contributed by atoms with E-state index < -0.39 is 0 Å². The Bertz CT molecular complexity index is 3640. The zero-order valence-corrected chi connectivity index (χ0v) is 39.6. The van der Waals surface area contributed by atoms with Crippen LogP contribution in [0.15, 0.2) is 285 Å². The minimum Gasteiger partial charge on any atom is -0.248 e. The van der Waals surface area contributed by atoms with Crippen LogP contribution in [0.3, 0.4) is 0 Å². The van der Waals surface area contributed by atoms with Crippen LogP contribution in [0.25, 0.3) is 133 Å². The quantitative estimate of drug-likeness (QED) is 0.141. The lowest BCUT2D eigenvalue weighted by molar-refractivity contribution is 1.32. The van der Waals surface area contributed by atoms with Crippen LogP contribution in [0.1, 0.15) is 0 Å². The van der Waals surface area contributed by atoms with E-state index in [2.05, 4.69) is 285 Å². The molecule has 336 valence electrons. The van der Waals surface area contributed by atoms with E-state index in [1.54, 1.807) is 0 Å². The first kappa shape index (κ1) is 42.7. The van der Waals surface area contributed by atoms with Crippen LogP contribution < -0.4 is 0 Å². The third-order valence-corrected chi connectivity index (χ3v) is 14.4. The van der Waals surface area contributed by atoms with Gasteiger partial charge in [0.25, 0.3) is 0 Å². The summed E-state index contributed by atoms with van der Waals surface area (Å²) < 4.78 is 0. The first-order valence-electron chi connectivity index (χ1n) is 24.8. The molecular weight excluding hydrogens is 867 g/mol. The van der Waals surface area contributed by atoms with Gasteiger partial charge in [0.15, 0.2) is 0 Å². The van der Waals surface area contributed by atoms with Crippen LogP contribution in [0.4, 0.5) is 0 Å². The second kappa shape index (κ2) is 18.5. The van der Waals surface area contributed by atoms with Crippen LogP contribution in [-0.4, -0.2) is 4.98 Å². The molecule has 13 aromatic rings. The summed E-state index contributed by atoms with van der Waals surface area (Å²) in [4.78, 5) is 5.43. The fourth-order valence-electron chi connectivity index (χ4n) is 10.7. The second-order valence-corrected chi connectivity index (χ2v) is 18.6. The highest BCUT2D eigenvalue weighted by Gasteiger charge is 2.16. The number of pyridine rings is 1. The van der Waals surface area contributed by atoms with E-state index in [4.69, 9.17) is 4.98 Å². The molecule has 0 atom stereocenters. The van der Waals surface area contributed by atoms with Crippen molar-refractivity contribution < 1.29 is 0 Å². The summed E-state index contributed by atoms with van der Waals surface area (Å²) in [6.45, 7) is 0. The number of hydrogen-bond acceptors (Lipinski definition) is 1. The number of aromatic nitrogens is 1. The summed E-state index contributed by atoms with van der Waals surface area (Å²) in [5.74, 6) is 0. The normalized spacial score (nSPS) is 11.3. The van der Waals surface area contributed by atoms with E-state index in [1.165, 1.54) is 99.1 Å². The molecule has 0 amide bonds. The van der Waals surface area contributed by atoms with Crippen molar-refractivity contribution >= 4 is 32.3 Å². The van der Waals surface area contributed by atoms with Crippen molar-refractivity contribution in [2.45, 2.75) is 0 Å². The van der Waals surface area contributed by atoms with Gasteiger partial charge >= 0.3 is 0 Å². The molecule has 1 aromatic heterocycles. The van der Waals surface area contributed by atoms with Crippen LogP contribution in [0.5, 0.6) is 0 Å². The number of fused-ring (bicyclic) bond motifs is 3. The van der Waals surface area contributed by atoms with E-state index in [0.717, 1.165) is 33.6 Å². The standard InChI is InChI=1S/C71H47N/c1-4-16-49(17-5-1)58-40-43-61(67-25-13-10-22-64(58)67)52-30-28-48(29-31-52)57-46-70(55-36-32-53(33-37-55)62-44-41-59(50-18-6-2-7-19-50)65-23-11-14-26-68(62)65)72-71(47-57)56-38-34-54(35-39-56)63-45-42-60(51-20-8-3-9-21-51)66-24-12-15-27-69(63)66/h1-47H. The van der Waals surface area contributed by atoms with Gasteiger partial charge in [-0.3, -0.25) is 0 Å². The fourth-order valence-corrected chi connectivity index (χ4v) is 10.7. The molecule has 0 aliphatic carbocycles. The van der Waals surface area contributed by atoms with Gasteiger partial charge in [-0.25, -0.2) is 4.98 Å². The maximum absolute atomic E-state index is 5.43. The Morgan fingerprint density at radius 1 is 0.153 bits per heavy atom. The Hall–Kier alpha value is -9.43. The summed E-state index contributed by atoms with van der Waals surface area (Å²) in [7, 11) is 0. The van der Waals surface area contributed by atoms with Crippen molar-refractivity contribution in [3.63, 3.8) is 0 Å². The van der Waals surface area contributed by atoms with Crippen LogP contribution in [-0.2, 0) is 0 Å². The van der Waals surface area contributed by atoms with Crippen molar-refractivity contribution in [1.29, 1.82) is 0 Å². The molecule has 0 aliphatic rings. The summed E-state index contributed by atoms with van der Waals surface area (Å²) in [5.41, 5.74) is 20.8. The SMILES string of the molecule is c1ccc(-c2ccc(-c3ccc(-c4cc(-c5ccc(-c6ccc(-c7ccccc7)c7ccccc67)cc5)nc(-c5ccc(-c6ccc(-c7ccccc7)c7ccccc67)cc5)c4)cc3)c3ccccc23)cc1. The van der Waals surface area contributed by atoms with Gasteiger partial charge in [-0.15, -0.1) is 0 Å². The molecule has 1 heteroatoms. The minimum absolute atomic E-state index is 0.927. The molecular formula is C71H47N. The predicted octanol–water partition coefficient (Wildman–Crippen LogP) is 19.5. The topological polar surface area (TPSA) is 12.9 Å². The molecule has 0 unspecified atom stereocenters. The van der Waals surface area contributed by atoms with E-state index in [-0.39, 0.29) is 0 Å². The lowest BCUT2D eigenvalue weighted by Crippen LogP contribution is -1.92. The van der Waals surface area contributed by atoms with Gasteiger partial charge in [-0.1, -0.05) is 273 Å². The molecule has 13 rings (SSSR count). The van der Waals surface area contributed by atoms with Crippen molar-refractivity contribution in [2.75, 3.05) is 0 Å². The summed E-state index contributed by atoms with van der Waals surface area (Å²) in [5, 5.41) is 7.46. The van der Waals surface area contributed by atoms with Crippen molar-refractivity contribution in [3.05, 3.63) is 285 Å². The molecule has 0 bridgehead atoms. The Morgan fingerprint density at radius 3 is 0.625 bits per heavy atom. The summed E-state index contributed by atoms with van der Waals surface area (Å²) in [6, 6.07) is 103. The van der Waals surface area contributed by atoms with Crippen LogP contribution >= 0.6 is 0 Å². The van der Waals surface area contributed by atoms with Gasteiger partial charge in [0.2, 0.25) is 0 Å². The molecule has 0 saturated heterocycles. The van der Waals surface area contributed by atoms with E-state index in [1.807, 2.05) is 0 Å². The predicted molar refractivity (Wildman–Crippen MR) is 306 cm³/mol. The average molecular weight is 914 g/mol. The number of benzene rings is 12. The Labute approximate surface area is 420 Å². The Kier molecular flexibility index (Phi) is 10.9. The maximum atomic E-state index is 5.43. The molecule has 1 nitrogen and oxygen atoms in total. The first-order chi connectivity index (χ1) is 35.7. The summed E-state index contributed by atoms with van der Waals surface area (Å²) >= 11 is 0. The van der Waals surface area contributed by atoms with Gasteiger partial charge in [0.05, 0.1) is 11.4 Å². The molecule has 1 heterocycles. The highest BCUT2D eigenvalue weighted by atomic mass is 14.7. The Morgan fingerprint density at radius 2 is 0.361 bits per heavy atom. The minimum atomic E-state index is 0.927. The lowest BCUT2D eigenvalue weighted by atomic mass is 9.91. The Balaban J connectivity index is 0.886. The number of nitrogens with zero attached hydrogens (tertiary/aromatic N) is 1. The number of hydrogen-bond donors (Lipinski definition) is 0. The number of rotatable bonds is 9. The largest absolute Gasteiger partial charge is 0.248 e. The maximum Gasteiger partial charge on any atom is 0.0715 e. The average Bonchev–Trinajstić information content (AvgIpc) is 3.47. The van der Waals surface area contributed by atoms with Gasteiger partial charge in [0, 0.05) is 11.1 Å². The zero-order valence-electron chi connectivity index (χ0n) is 39.6. The van der Waals surface area contributed by atoms with Gasteiger partial charge in [0.1, 0.15) is 0 Å². The summed E-state index contributed by atoms with van der Waals surface area (Å²) in [6.07, 6.45) is 0. The smallest absolute Gasteiger partial charge is 0.0715 e. The molecule has 0 radical (unpaired) electrons. The van der Waals surface area contributed by atoms with Crippen molar-refractivity contribution in [3.8, 4) is 100 Å². The highest BCUT2D eigenvalue weighted by Crippen LogP contribution is 2.41. The fraction of sp³-hybridized carbons (Fsp3) is 0. The molecule has 0 N–H and O–H groups in total. The van der Waals surface area contributed by atoms with Crippen molar-refractivity contribution in [1.82, 2.24) is 4.98 Å². The van der Waals surface area contributed by atoms with Crippen molar-refractivity contribution in [2.24, 2.45) is 0 Å². The molecule has 0 spiro atoms. The van der Waals surface area contributed by atoms with Crippen LogP contribution in [0, 0.1) is 0 Å². The van der Waals surface area contributed by atoms with E-state index in [0.29, 0.717) is 0 Å². The van der Waals surface area contributed by atoms with Gasteiger partial charge in [-0.2, -0.15) is 0 Å². The first-order valence-corrected chi connectivity index (χ1v) is 24.8. The van der Waals surface area contributed by atoms with Gasteiger partial charge < -0.3 is 0 Å². The van der Waals surface area contributed by atoms with Crippen LogP contribution in [0.2, 0.25) is 0 Å². The lowest BCUT2D eigenvalue weighted by Gasteiger charge is -2.15. The zero-order chi connectivity index (χ0) is 47.8. The molecule has 12 aromatic carbocycles. The molecule has 0 aliphatic heterocycles. The third-order valence-electron chi connectivity index (χ3n) is 14.4. The molecule has 0 fully saturated rings. The molecule has 72 heavy (non-hydrogen) atoms. The highest BCUT2D eigenvalue weighted by molar-refractivity contribution is 6.07.